The van der Waals surface area contributed by atoms with Crippen LogP contribution in [0.2, 0.25) is 0 Å². The molecule has 0 bridgehead atoms. The molecule has 0 heterocycles. The van der Waals surface area contributed by atoms with Crippen molar-refractivity contribution in [3.63, 3.8) is 0 Å². The third-order valence-corrected chi connectivity index (χ3v) is 3.99. The van der Waals surface area contributed by atoms with Gasteiger partial charge in [-0.05, 0) is 6.42 Å². The summed E-state index contributed by atoms with van der Waals surface area (Å²) in [6, 6.07) is 0. The molecule has 4 nitrogen and oxygen atoms in total. The normalized spacial score (nSPS) is 9.38. The summed E-state index contributed by atoms with van der Waals surface area (Å²) < 4.78 is 17.0. The van der Waals surface area contributed by atoms with Crippen LogP contribution in [0.5, 0.6) is 0 Å². The molecule has 0 aromatic heterocycles. The van der Waals surface area contributed by atoms with Crippen LogP contribution in [0.3, 0.4) is 0 Å². The molecule has 0 atom stereocenters. The molecule has 0 aromatic rings. The zero-order valence-corrected chi connectivity index (χ0v) is 19.5. The van der Waals surface area contributed by atoms with E-state index in [1.165, 1.54) is 83.5 Å². The van der Waals surface area contributed by atoms with Gasteiger partial charge < -0.3 is 7.96 Å². The molecule has 0 saturated carbocycles. The number of carbonyl (C=O) groups is 1. The predicted octanol–water partition coefficient (Wildman–Crippen LogP) is 5.94. The molecule has 0 amide bonds. The first-order chi connectivity index (χ1) is 11.2. The Morgan fingerprint density at radius 3 is 1.21 bits per heavy atom. The van der Waals surface area contributed by atoms with Crippen LogP contribution in [0, 0.1) is 0 Å². The fourth-order valence-corrected chi connectivity index (χ4v) is 2.65. The Bertz CT molecular complexity index is 292. The predicted molar refractivity (Wildman–Crippen MR) is 96.5 cm³/mol. The van der Waals surface area contributed by atoms with Crippen molar-refractivity contribution in [2.24, 2.45) is 0 Å². The molecule has 0 aliphatic rings. The van der Waals surface area contributed by atoms with E-state index in [1.54, 1.807) is 0 Å². The first-order valence-electron chi connectivity index (χ1n) is 9.40. The molecule has 0 spiro atoms. The van der Waals surface area contributed by atoms with E-state index in [-0.39, 0.29) is 40.6 Å². The van der Waals surface area contributed by atoms with Gasteiger partial charge in [0.05, 0.1) is 0 Å². The Labute approximate surface area is 190 Å². The number of aliphatic carboxylic acids is 1. The van der Waals surface area contributed by atoms with Gasteiger partial charge in [0.1, 0.15) is 0 Å². The van der Waals surface area contributed by atoms with Crippen LogP contribution in [0.25, 0.3) is 0 Å². The second-order valence-corrected chi connectivity index (χ2v) is 6.44. The Hall–Kier alpha value is 1.04. The molecule has 1 N–H and O–H groups in total. The van der Waals surface area contributed by atoms with E-state index < -0.39 is 25.1 Å². The standard InChI is InChI=1S/C18H36O2.Ca.2O.Ti.2H/c1-2-3-4-5-6-7-8-9-10-11-12-13-14-15-16-17-18(19)20;;;;;;/h2-17H2,1H3,(H,19,20);;;;;;/q;+2;;;;2*-1. The molecular formula is C18H38CaO4Ti. The van der Waals surface area contributed by atoms with E-state index in [0.29, 0.717) is 6.42 Å². The third-order valence-electron chi connectivity index (χ3n) is 3.99. The third kappa shape index (κ3) is 34.4. The van der Waals surface area contributed by atoms with E-state index in [2.05, 4.69) is 6.92 Å². The summed E-state index contributed by atoms with van der Waals surface area (Å²) >= 11 is -2.00. The van der Waals surface area contributed by atoms with E-state index in [9.17, 15) is 4.79 Å². The topological polar surface area (TPSA) is 71.4 Å². The van der Waals surface area contributed by atoms with E-state index >= 15 is 0 Å². The molecule has 0 radical (unpaired) electrons. The number of unbranched alkanes of at least 4 members (excludes halogenated alkanes) is 14. The van der Waals surface area contributed by atoms with Gasteiger partial charge in [-0.3, -0.25) is 4.79 Å². The van der Waals surface area contributed by atoms with Gasteiger partial charge in [-0.2, -0.15) is 0 Å². The maximum absolute atomic E-state index is 10.3. The van der Waals surface area contributed by atoms with Crippen molar-refractivity contribution in [1.29, 1.82) is 0 Å². The maximum atomic E-state index is 10.3. The van der Waals surface area contributed by atoms with Gasteiger partial charge in [-0.25, -0.2) is 0 Å². The Morgan fingerprint density at radius 2 is 0.958 bits per heavy atom. The van der Waals surface area contributed by atoms with E-state index in [4.69, 9.17) is 11.8 Å². The SMILES string of the molecule is CCCCCCCCCCCCCCCCCC(=O)O.[Ca+2].[H-].[H-].[O]=[Ti]=[O]. The van der Waals surface area contributed by atoms with Crippen molar-refractivity contribution in [3.05, 3.63) is 0 Å². The Kier molecular flexibility index (Phi) is 35.8. The Morgan fingerprint density at radius 1 is 0.708 bits per heavy atom. The fraction of sp³-hybridized carbons (Fsp3) is 0.944. The summed E-state index contributed by atoms with van der Waals surface area (Å²) in [4.78, 5) is 10.3. The monoisotopic (exact) mass is 406 g/mol. The van der Waals surface area contributed by atoms with Crippen molar-refractivity contribution in [3.8, 4) is 0 Å². The minimum absolute atomic E-state index is 0. The van der Waals surface area contributed by atoms with Gasteiger partial charge in [0.2, 0.25) is 0 Å². The van der Waals surface area contributed by atoms with Gasteiger partial charge in [-0.1, -0.05) is 96.8 Å². The van der Waals surface area contributed by atoms with Crippen LogP contribution in [0.1, 0.15) is 113 Å². The van der Waals surface area contributed by atoms with Crippen LogP contribution in [0.4, 0.5) is 0 Å². The molecule has 6 heteroatoms. The first-order valence-corrected chi connectivity index (χ1v) is 10.7. The quantitative estimate of drug-likeness (QED) is 0.254. The summed E-state index contributed by atoms with van der Waals surface area (Å²) in [5.74, 6) is -0.653. The molecule has 24 heavy (non-hydrogen) atoms. The summed E-state index contributed by atoms with van der Waals surface area (Å²) in [6.07, 6.45) is 20.2. The Balaban J connectivity index is -0.000000228. The number of carboxylic acids is 1. The molecule has 0 saturated heterocycles. The summed E-state index contributed by atoms with van der Waals surface area (Å²) in [5.41, 5.74) is 0. The van der Waals surface area contributed by atoms with Crippen molar-refractivity contribution in [1.82, 2.24) is 0 Å². The van der Waals surface area contributed by atoms with Crippen molar-refractivity contribution in [2.75, 3.05) is 0 Å². The zero-order valence-electron chi connectivity index (χ0n) is 17.7. The van der Waals surface area contributed by atoms with Gasteiger partial charge >= 0.3 is 69.4 Å². The van der Waals surface area contributed by atoms with Crippen LogP contribution in [-0.2, 0) is 30.5 Å². The average Bonchev–Trinajstić information content (AvgIpc) is 2.51. The van der Waals surface area contributed by atoms with Crippen molar-refractivity contribution >= 4 is 43.7 Å². The van der Waals surface area contributed by atoms with Crippen LogP contribution in [-0.4, -0.2) is 48.8 Å². The molecule has 0 aliphatic carbocycles. The van der Waals surface area contributed by atoms with Gasteiger partial charge in [-0.15, -0.1) is 0 Å². The van der Waals surface area contributed by atoms with Crippen molar-refractivity contribution < 1.29 is 38.5 Å². The average molecular weight is 406 g/mol. The molecule has 0 aromatic carbocycles. The van der Waals surface area contributed by atoms with Gasteiger partial charge in [0.15, 0.2) is 0 Å². The molecule has 0 rings (SSSR count). The fourth-order valence-electron chi connectivity index (χ4n) is 2.65. The molecular weight excluding hydrogens is 368 g/mol. The summed E-state index contributed by atoms with van der Waals surface area (Å²) in [5, 5.41) is 8.52. The summed E-state index contributed by atoms with van der Waals surface area (Å²) in [7, 11) is 0. The van der Waals surface area contributed by atoms with Crippen LogP contribution in [0.15, 0.2) is 0 Å². The molecule has 0 aliphatic heterocycles. The first kappa shape index (κ1) is 29.8. The van der Waals surface area contributed by atoms with E-state index in [0.717, 1.165) is 12.8 Å². The van der Waals surface area contributed by atoms with Gasteiger partial charge in [0.25, 0.3) is 0 Å². The molecule has 0 fully saturated rings. The number of hydrogen-bond donors (Lipinski definition) is 1. The molecule has 140 valence electrons. The number of carboxylic acid groups (broad SMARTS) is 1. The van der Waals surface area contributed by atoms with Crippen LogP contribution < -0.4 is 0 Å². The zero-order chi connectivity index (χ0) is 17.6. The van der Waals surface area contributed by atoms with Crippen molar-refractivity contribution in [2.45, 2.75) is 110 Å². The summed E-state index contributed by atoms with van der Waals surface area (Å²) in [6.45, 7) is 2.27. The number of rotatable bonds is 16. The molecule has 0 unspecified atom stereocenters. The number of hydrogen-bond acceptors (Lipinski definition) is 3. The van der Waals surface area contributed by atoms with E-state index in [1.807, 2.05) is 0 Å². The van der Waals surface area contributed by atoms with Gasteiger partial charge in [0, 0.05) is 6.42 Å². The minimum atomic E-state index is -2.00. The second-order valence-electron chi connectivity index (χ2n) is 6.18. The van der Waals surface area contributed by atoms with Crippen LogP contribution >= 0.6 is 0 Å². The second kappa shape index (κ2) is 28.8.